The van der Waals surface area contributed by atoms with Gasteiger partial charge in [0.05, 0.1) is 23.7 Å². The predicted molar refractivity (Wildman–Crippen MR) is 93.5 cm³/mol. The van der Waals surface area contributed by atoms with Crippen molar-refractivity contribution < 1.29 is 17.7 Å². The SMILES string of the molecule is CCn1cc(C2CS(=O)(=O)CCN2C(=O)c2noc3c2CCCC3)cn1. The molecule has 2 aromatic heterocycles. The molecule has 140 valence electrons. The van der Waals surface area contributed by atoms with Gasteiger partial charge in [0.25, 0.3) is 5.91 Å². The second-order valence-electron chi connectivity index (χ2n) is 6.90. The van der Waals surface area contributed by atoms with Crippen LogP contribution in [0.5, 0.6) is 0 Å². The first-order chi connectivity index (χ1) is 12.5. The van der Waals surface area contributed by atoms with Crippen LogP contribution in [-0.2, 0) is 29.2 Å². The van der Waals surface area contributed by atoms with Gasteiger partial charge in [0.1, 0.15) is 5.76 Å². The second kappa shape index (κ2) is 6.53. The van der Waals surface area contributed by atoms with Crippen molar-refractivity contribution in [3.8, 4) is 0 Å². The van der Waals surface area contributed by atoms with Crippen LogP contribution >= 0.6 is 0 Å². The van der Waals surface area contributed by atoms with Crippen LogP contribution in [0.3, 0.4) is 0 Å². The lowest BCUT2D eigenvalue weighted by atomic mass is 9.96. The van der Waals surface area contributed by atoms with E-state index >= 15 is 0 Å². The molecular formula is C17H22N4O4S. The lowest BCUT2D eigenvalue weighted by Gasteiger charge is -2.34. The van der Waals surface area contributed by atoms with Crippen LogP contribution in [0, 0.1) is 0 Å². The highest BCUT2D eigenvalue weighted by atomic mass is 32.2. The molecule has 26 heavy (non-hydrogen) atoms. The van der Waals surface area contributed by atoms with E-state index in [1.807, 2.05) is 13.1 Å². The Balaban J connectivity index is 1.68. The summed E-state index contributed by atoms with van der Waals surface area (Å²) in [5.41, 5.74) is 1.96. The van der Waals surface area contributed by atoms with Crippen LogP contribution in [-0.4, -0.2) is 52.2 Å². The van der Waals surface area contributed by atoms with Crippen LogP contribution < -0.4 is 0 Å². The van der Waals surface area contributed by atoms with Crippen LogP contribution in [0.4, 0.5) is 0 Å². The van der Waals surface area contributed by atoms with Crippen LogP contribution in [0.2, 0.25) is 0 Å². The van der Waals surface area contributed by atoms with E-state index in [2.05, 4.69) is 10.3 Å². The minimum absolute atomic E-state index is 0.0306. The first-order valence-electron chi connectivity index (χ1n) is 8.99. The number of fused-ring (bicyclic) bond motifs is 1. The molecule has 8 nitrogen and oxygen atoms in total. The zero-order valence-electron chi connectivity index (χ0n) is 14.7. The Kier molecular flexibility index (Phi) is 4.34. The fraction of sp³-hybridized carbons (Fsp3) is 0.588. The first kappa shape index (κ1) is 17.3. The molecule has 0 bridgehead atoms. The Morgan fingerprint density at radius 3 is 2.92 bits per heavy atom. The van der Waals surface area contributed by atoms with Gasteiger partial charge in [-0.25, -0.2) is 8.42 Å². The predicted octanol–water partition coefficient (Wildman–Crippen LogP) is 1.38. The van der Waals surface area contributed by atoms with Gasteiger partial charge in [0.15, 0.2) is 15.5 Å². The number of hydrogen-bond donors (Lipinski definition) is 0. The molecule has 1 atom stereocenters. The van der Waals surface area contributed by atoms with Crippen molar-refractivity contribution in [1.29, 1.82) is 0 Å². The second-order valence-corrected chi connectivity index (χ2v) is 9.13. The van der Waals surface area contributed by atoms with Gasteiger partial charge in [-0.3, -0.25) is 9.48 Å². The Morgan fingerprint density at radius 1 is 1.35 bits per heavy atom. The van der Waals surface area contributed by atoms with E-state index in [1.54, 1.807) is 15.8 Å². The van der Waals surface area contributed by atoms with Crippen molar-refractivity contribution >= 4 is 15.7 Å². The Labute approximate surface area is 152 Å². The van der Waals surface area contributed by atoms with Crippen LogP contribution in [0.25, 0.3) is 0 Å². The molecule has 1 amide bonds. The molecule has 1 aliphatic heterocycles. The fourth-order valence-corrected chi connectivity index (χ4v) is 5.23. The van der Waals surface area contributed by atoms with Crippen molar-refractivity contribution in [3.05, 3.63) is 35.0 Å². The van der Waals surface area contributed by atoms with Gasteiger partial charge in [-0.05, 0) is 26.2 Å². The average Bonchev–Trinajstić information content (AvgIpc) is 3.27. The summed E-state index contributed by atoms with van der Waals surface area (Å²) in [5, 5.41) is 8.26. The number of rotatable bonds is 3. The molecule has 1 saturated heterocycles. The quantitative estimate of drug-likeness (QED) is 0.800. The molecule has 0 N–H and O–H groups in total. The summed E-state index contributed by atoms with van der Waals surface area (Å²) < 4.78 is 31.5. The number of aromatic nitrogens is 3. The molecule has 2 aromatic rings. The van der Waals surface area contributed by atoms with Gasteiger partial charge in [0.2, 0.25) is 0 Å². The van der Waals surface area contributed by atoms with Crippen molar-refractivity contribution in [2.75, 3.05) is 18.1 Å². The van der Waals surface area contributed by atoms with E-state index in [1.165, 1.54) is 0 Å². The fourth-order valence-electron chi connectivity index (χ4n) is 3.74. The number of aryl methyl sites for hydroxylation is 2. The molecule has 4 rings (SSSR count). The highest BCUT2D eigenvalue weighted by Gasteiger charge is 2.38. The summed E-state index contributed by atoms with van der Waals surface area (Å²) >= 11 is 0. The molecule has 9 heteroatoms. The molecule has 1 unspecified atom stereocenters. The molecule has 0 radical (unpaired) electrons. The molecule has 0 spiro atoms. The molecule has 0 aromatic carbocycles. The summed E-state index contributed by atoms with van der Waals surface area (Å²) in [4.78, 5) is 14.8. The summed E-state index contributed by atoms with van der Waals surface area (Å²) in [6, 6.07) is -0.544. The van der Waals surface area contributed by atoms with Crippen molar-refractivity contribution in [2.24, 2.45) is 0 Å². The summed E-state index contributed by atoms with van der Waals surface area (Å²) in [5.74, 6) is 0.423. The monoisotopic (exact) mass is 378 g/mol. The number of carbonyl (C=O) groups is 1. The topological polar surface area (TPSA) is 98.3 Å². The molecule has 0 saturated carbocycles. The zero-order valence-corrected chi connectivity index (χ0v) is 15.5. The molecule has 3 heterocycles. The van der Waals surface area contributed by atoms with Crippen molar-refractivity contribution in [2.45, 2.75) is 45.2 Å². The van der Waals surface area contributed by atoms with Crippen LogP contribution in [0.1, 0.15) is 53.2 Å². The molecule has 1 fully saturated rings. The van der Waals surface area contributed by atoms with Gasteiger partial charge in [0, 0.05) is 36.8 Å². The molecular weight excluding hydrogens is 356 g/mol. The standard InChI is InChI=1S/C17H22N4O4S/c1-2-20-10-12(9-18-20)14-11-26(23,24)8-7-21(14)17(22)16-13-5-3-4-6-15(13)25-19-16/h9-10,14H,2-8,11H2,1H3. The Hall–Kier alpha value is -2.16. The summed E-state index contributed by atoms with van der Waals surface area (Å²) in [6.07, 6.45) is 7.09. The number of nitrogens with zero attached hydrogens (tertiary/aromatic N) is 4. The lowest BCUT2D eigenvalue weighted by molar-refractivity contribution is 0.0686. The van der Waals surface area contributed by atoms with E-state index < -0.39 is 15.9 Å². The normalized spacial score (nSPS) is 22.2. The van der Waals surface area contributed by atoms with Gasteiger partial charge < -0.3 is 9.42 Å². The maximum atomic E-state index is 13.2. The van der Waals surface area contributed by atoms with Crippen molar-refractivity contribution in [3.63, 3.8) is 0 Å². The van der Waals surface area contributed by atoms with Gasteiger partial charge >= 0.3 is 0 Å². The highest BCUT2D eigenvalue weighted by molar-refractivity contribution is 7.91. The summed E-state index contributed by atoms with van der Waals surface area (Å²) in [7, 11) is -3.20. The first-order valence-corrected chi connectivity index (χ1v) is 10.8. The minimum Gasteiger partial charge on any atom is -0.360 e. The summed E-state index contributed by atoms with van der Waals surface area (Å²) in [6.45, 7) is 2.80. The third-order valence-corrected chi connectivity index (χ3v) is 6.84. The van der Waals surface area contributed by atoms with Gasteiger partial charge in [-0.1, -0.05) is 5.16 Å². The molecule has 2 aliphatic rings. The number of sulfone groups is 1. The van der Waals surface area contributed by atoms with Crippen LogP contribution in [0.15, 0.2) is 16.9 Å². The van der Waals surface area contributed by atoms with Gasteiger partial charge in [-0.2, -0.15) is 5.10 Å². The maximum Gasteiger partial charge on any atom is 0.276 e. The van der Waals surface area contributed by atoms with E-state index in [4.69, 9.17) is 4.52 Å². The van der Waals surface area contributed by atoms with E-state index in [-0.39, 0.29) is 24.0 Å². The van der Waals surface area contributed by atoms with Gasteiger partial charge in [-0.15, -0.1) is 0 Å². The van der Waals surface area contributed by atoms with Crippen molar-refractivity contribution in [1.82, 2.24) is 19.8 Å². The Morgan fingerprint density at radius 2 is 2.15 bits per heavy atom. The minimum atomic E-state index is -3.20. The zero-order chi connectivity index (χ0) is 18.3. The van der Waals surface area contributed by atoms with E-state index in [0.29, 0.717) is 12.2 Å². The smallest absolute Gasteiger partial charge is 0.276 e. The molecule has 1 aliphatic carbocycles. The largest absolute Gasteiger partial charge is 0.360 e. The number of carbonyl (C=O) groups excluding carboxylic acids is 1. The van der Waals surface area contributed by atoms with E-state index in [9.17, 15) is 13.2 Å². The third kappa shape index (κ3) is 3.04. The van der Waals surface area contributed by atoms with E-state index in [0.717, 1.165) is 42.6 Å². The maximum absolute atomic E-state index is 13.2. The third-order valence-electron chi connectivity index (χ3n) is 5.21. The average molecular weight is 378 g/mol. The highest BCUT2D eigenvalue weighted by Crippen LogP contribution is 2.31. The number of amides is 1. The Bertz CT molecular complexity index is 930. The lowest BCUT2D eigenvalue weighted by Crippen LogP contribution is -2.46. The number of hydrogen-bond acceptors (Lipinski definition) is 6.